The number of benzene rings is 3. The fourth-order valence-corrected chi connectivity index (χ4v) is 3.28. The van der Waals surface area contributed by atoms with E-state index in [0.29, 0.717) is 39.6 Å². The molecule has 34 heavy (non-hydrogen) atoms. The first-order valence-corrected chi connectivity index (χ1v) is 10.2. The molecule has 0 aliphatic rings. The third-order valence-corrected chi connectivity index (χ3v) is 4.96. The van der Waals surface area contributed by atoms with Crippen molar-refractivity contribution in [2.75, 3.05) is 32.0 Å². The Morgan fingerprint density at radius 1 is 0.765 bits per heavy atom. The van der Waals surface area contributed by atoms with Gasteiger partial charge >= 0.3 is 6.03 Å². The minimum absolute atomic E-state index is 0.0107. The van der Waals surface area contributed by atoms with Gasteiger partial charge in [-0.05, 0) is 48.5 Å². The zero-order valence-corrected chi connectivity index (χ0v) is 18.7. The lowest BCUT2D eigenvalue weighted by Crippen LogP contribution is -2.19. The molecule has 0 atom stereocenters. The molecule has 1 aromatic heterocycles. The van der Waals surface area contributed by atoms with Gasteiger partial charge in [-0.3, -0.25) is 4.98 Å². The maximum atomic E-state index is 14.8. The molecular formula is C25H22FN3O5. The molecule has 0 saturated heterocycles. The van der Waals surface area contributed by atoms with E-state index in [1.54, 1.807) is 61.8 Å². The standard InChI is InChI=1S/C25H22FN3O5/c1-31-17-7-4-15(5-8-17)28-25(30)29-16-6-9-22(19(26)12-16)34-21-10-11-27-20-14-24(33-3)23(32-2)13-18(20)21/h4-14H,1-3H3,(H2,28,29,30)/i25-1. The van der Waals surface area contributed by atoms with Gasteiger partial charge in [-0.15, -0.1) is 0 Å². The lowest BCUT2D eigenvalue weighted by molar-refractivity contribution is 0.262. The van der Waals surface area contributed by atoms with Crippen molar-refractivity contribution in [2.24, 2.45) is 0 Å². The Kier molecular flexibility index (Phi) is 6.63. The van der Waals surface area contributed by atoms with E-state index in [9.17, 15) is 9.18 Å². The van der Waals surface area contributed by atoms with Gasteiger partial charge in [0.25, 0.3) is 0 Å². The van der Waals surface area contributed by atoms with E-state index in [4.69, 9.17) is 18.9 Å². The largest absolute Gasteiger partial charge is 0.497 e. The fraction of sp³-hybridized carbons (Fsp3) is 0.120. The van der Waals surface area contributed by atoms with Crippen molar-refractivity contribution >= 4 is 28.3 Å². The number of rotatable bonds is 7. The zero-order chi connectivity index (χ0) is 24.1. The molecule has 1 heterocycles. The Balaban J connectivity index is 1.50. The first kappa shape index (κ1) is 22.7. The quantitative estimate of drug-likeness (QED) is 0.359. The fourth-order valence-electron chi connectivity index (χ4n) is 3.28. The Bertz CT molecular complexity index is 1330. The molecule has 0 fully saturated rings. The van der Waals surface area contributed by atoms with Gasteiger partial charge in [0, 0.05) is 35.1 Å². The second-order valence-corrected chi connectivity index (χ2v) is 7.09. The van der Waals surface area contributed by atoms with Crippen LogP contribution in [0.3, 0.4) is 0 Å². The first-order valence-electron chi connectivity index (χ1n) is 10.2. The van der Waals surface area contributed by atoms with E-state index in [-0.39, 0.29) is 11.4 Å². The summed E-state index contributed by atoms with van der Waals surface area (Å²) in [5.74, 6) is 1.42. The number of amides is 2. The van der Waals surface area contributed by atoms with Crippen molar-refractivity contribution in [1.82, 2.24) is 4.98 Å². The van der Waals surface area contributed by atoms with E-state index in [1.807, 2.05) is 0 Å². The average molecular weight is 462 g/mol. The minimum atomic E-state index is -0.646. The number of hydrogen-bond donors (Lipinski definition) is 2. The third-order valence-electron chi connectivity index (χ3n) is 4.96. The summed E-state index contributed by atoms with van der Waals surface area (Å²) in [6, 6.07) is 15.5. The van der Waals surface area contributed by atoms with E-state index >= 15 is 0 Å². The lowest BCUT2D eigenvalue weighted by atomic mass is 10.1. The average Bonchev–Trinajstić information content (AvgIpc) is 2.85. The molecule has 4 aromatic rings. The Hall–Kier alpha value is -4.53. The van der Waals surface area contributed by atoms with Crippen molar-refractivity contribution in [3.05, 3.63) is 72.7 Å². The minimum Gasteiger partial charge on any atom is -0.497 e. The molecular weight excluding hydrogens is 440 g/mol. The van der Waals surface area contributed by atoms with Gasteiger partial charge in [-0.25, -0.2) is 9.18 Å². The number of carbonyl (C=O) groups is 1. The Morgan fingerprint density at radius 3 is 2.12 bits per heavy atom. The number of ether oxygens (including phenoxy) is 4. The molecule has 2 amide bonds. The molecule has 174 valence electrons. The highest BCUT2D eigenvalue weighted by Crippen LogP contribution is 2.37. The van der Waals surface area contributed by atoms with Crippen molar-refractivity contribution in [3.8, 4) is 28.7 Å². The number of nitrogens with one attached hydrogen (secondary N) is 2. The summed E-state index contributed by atoms with van der Waals surface area (Å²) < 4.78 is 36.3. The van der Waals surface area contributed by atoms with Crippen LogP contribution in [-0.4, -0.2) is 32.3 Å². The molecule has 9 heteroatoms. The van der Waals surface area contributed by atoms with Crippen LogP contribution in [0.5, 0.6) is 28.7 Å². The summed E-state index contributed by atoms with van der Waals surface area (Å²) in [4.78, 5) is 16.6. The second-order valence-electron chi connectivity index (χ2n) is 7.09. The normalized spacial score (nSPS) is 10.5. The highest BCUT2D eigenvalue weighted by atomic mass is 19.1. The van der Waals surface area contributed by atoms with Gasteiger partial charge in [0.15, 0.2) is 23.1 Å². The first-order chi connectivity index (χ1) is 16.5. The van der Waals surface area contributed by atoms with E-state index < -0.39 is 11.8 Å². The van der Waals surface area contributed by atoms with E-state index in [0.717, 1.165) is 0 Å². The number of aromatic nitrogens is 1. The molecule has 2 N–H and O–H groups in total. The number of pyridine rings is 1. The second kappa shape index (κ2) is 9.95. The Labute approximate surface area is 195 Å². The number of nitrogens with zero attached hydrogens (tertiary/aromatic N) is 1. The van der Waals surface area contributed by atoms with Crippen LogP contribution in [0, 0.1) is 5.82 Å². The van der Waals surface area contributed by atoms with Crippen molar-refractivity contribution < 1.29 is 28.1 Å². The number of halogens is 1. The van der Waals surface area contributed by atoms with Gasteiger partial charge < -0.3 is 29.6 Å². The summed E-state index contributed by atoms with van der Waals surface area (Å²) in [5, 5.41) is 5.88. The summed E-state index contributed by atoms with van der Waals surface area (Å²) >= 11 is 0. The van der Waals surface area contributed by atoms with Crippen molar-refractivity contribution in [1.29, 1.82) is 0 Å². The molecule has 0 spiro atoms. The maximum absolute atomic E-state index is 14.8. The van der Waals surface area contributed by atoms with Crippen LogP contribution in [0.1, 0.15) is 0 Å². The highest BCUT2D eigenvalue weighted by Gasteiger charge is 2.14. The smallest absolute Gasteiger partial charge is 0.323 e. The molecule has 8 nitrogen and oxygen atoms in total. The maximum Gasteiger partial charge on any atom is 0.323 e. The van der Waals surface area contributed by atoms with Crippen LogP contribution in [0.4, 0.5) is 20.6 Å². The monoisotopic (exact) mass is 462 g/mol. The van der Waals surface area contributed by atoms with Crippen LogP contribution in [0.25, 0.3) is 10.9 Å². The zero-order valence-electron chi connectivity index (χ0n) is 18.7. The molecule has 4 rings (SSSR count). The lowest BCUT2D eigenvalue weighted by Gasteiger charge is -2.13. The number of fused-ring (bicyclic) bond motifs is 1. The number of hydrogen-bond acceptors (Lipinski definition) is 6. The van der Waals surface area contributed by atoms with Crippen molar-refractivity contribution in [2.45, 2.75) is 0 Å². The van der Waals surface area contributed by atoms with Crippen LogP contribution in [-0.2, 0) is 0 Å². The van der Waals surface area contributed by atoms with E-state index in [1.165, 1.54) is 26.4 Å². The molecule has 0 saturated carbocycles. The number of urea groups is 1. The van der Waals surface area contributed by atoms with Crippen LogP contribution >= 0.6 is 0 Å². The summed E-state index contributed by atoms with van der Waals surface area (Å²) in [6.07, 6.45) is 1.56. The molecule has 0 aliphatic heterocycles. The third kappa shape index (κ3) is 4.93. The van der Waals surface area contributed by atoms with Crippen LogP contribution in [0.2, 0.25) is 0 Å². The van der Waals surface area contributed by atoms with Crippen molar-refractivity contribution in [3.63, 3.8) is 0 Å². The van der Waals surface area contributed by atoms with Crippen LogP contribution < -0.4 is 29.6 Å². The molecule has 3 aromatic carbocycles. The molecule has 0 unspecified atom stereocenters. The molecule has 0 bridgehead atoms. The number of anilines is 2. The van der Waals surface area contributed by atoms with E-state index in [2.05, 4.69) is 15.6 Å². The van der Waals surface area contributed by atoms with Gasteiger partial charge in [-0.1, -0.05) is 0 Å². The Morgan fingerprint density at radius 2 is 1.44 bits per heavy atom. The predicted octanol–water partition coefficient (Wildman–Crippen LogP) is 5.84. The predicted molar refractivity (Wildman–Crippen MR) is 127 cm³/mol. The van der Waals surface area contributed by atoms with Gasteiger partial charge in [0.2, 0.25) is 0 Å². The molecule has 0 radical (unpaired) electrons. The number of methoxy groups -OCH3 is 3. The summed E-state index contributed by atoms with van der Waals surface area (Å²) in [7, 11) is 4.62. The van der Waals surface area contributed by atoms with Gasteiger partial charge in [0.05, 0.1) is 26.8 Å². The highest BCUT2D eigenvalue weighted by molar-refractivity contribution is 5.99. The SMILES string of the molecule is COc1ccc(N[11C](=O)Nc2ccc(Oc3ccnc4cc(OC)c(OC)cc34)c(F)c2)cc1. The number of carbonyl (C=O) groups excluding carboxylic acids is 1. The molecule has 0 aliphatic carbocycles. The topological polar surface area (TPSA) is 90.9 Å². The van der Waals surface area contributed by atoms with Gasteiger partial charge in [-0.2, -0.15) is 0 Å². The summed E-state index contributed by atoms with van der Waals surface area (Å²) in [6.45, 7) is 0. The van der Waals surface area contributed by atoms with Crippen LogP contribution in [0.15, 0.2) is 66.9 Å². The van der Waals surface area contributed by atoms with Gasteiger partial charge in [0.1, 0.15) is 11.5 Å². The summed E-state index contributed by atoms with van der Waals surface area (Å²) in [5.41, 5.74) is 1.43.